The van der Waals surface area contributed by atoms with E-state index in [0.29, 0.717) is 12.5 Å². The van der Waals surface area contributed by atoms with Gasteiger partial charge in [0.05, 0.1) is 5.39 Å². The van der Waals surface area contributed by atoms with E-state index in [4.69, 9.17) is 0 Å². The van der Waals surface area contributed by atoms with Crippen LogP contribution in [0.1, 0.15) is 27.2 Å². The van der Waals surface area contributed by atoms with Crippen LogP contribution < -0.4 is 11.2 Å². The Balaban J connectivity index is 2.16. The summed E-state index contributed by atoms with van der Waals surface area (Å²) in [5.74, 6) is -1.20. The molecule has 2 aromatic heterocycles. The number of nitrogens with zero attached hydrogens (tertiary/aromatic N) is 2. The number of benzene rings is 1. The number of hydrogen-bond donors (Lipinski definition) is 1. The van der Waals surface area contributed by atoms with Crippen molar-refractivity contribution in [2.75, 3.05) is 0 Å². The summed E-state index contributed by atoms with van der Waals surface area (Å²) in [5, 5.41) is 9.54. The van der Waals surface area contributed by atoms with Gasteiger partial charge in [-0.05, 0) is 37.0 Å². The summed E-state index contributed by atoms with van der Waals surface area (Å²) >= 11 is 0.811. The molecule has 0 unspecified atom stereocenters. The molecule has 9 heteroatoms. The molecule has 1 N–H and O–H groups in total. The lowest BCUT2D eigenvalue weighted by molar-refractivity contribution is 0.0701. The van der Waals surface area contributed by atoms with Crippen molar-refractivity contribution in [1.29, 1.82) is 0 Å². The van der Waals surface area contributed by atoms with Crippen molar-refractivity contribution in [3.8, 4) is 0 Å². The van der Waals surface area contributed by atoms with Crippen LogP contribution in [0, 0.1) is 6.92 Å². The summed E-state index contributed by atoms with van der Waals surface area (Å²) < 4.78 is 27.1. The van der Waals surface area contributed by atoms with Crippen LogP contribution in [-0.2, 0) is 19.5 Å². The van der Waals surface area contributed by atoms with Crippen molar-refractivity contribution >= 4 is 27.5 Å². The third-order valence-electron chi connectivity index (χ3n) is 4.61. The maximum Gasteiger partial charge on any atom is 0.346 e. The Morgan fingerprint density at radius 3 is 2.45 bits per heavy atom. The number of carboxylic acid groups (broad SMARTS) is 1. The number of allylic oxidation sites excluding steroid dienone is 1. The van der Waals surface area contributed by atoms with Gasteiger partial charge in [-0.3, -0.25) is 13.9 Å². The Bertz CT molecular complexity index is 1210. The summed E-state index contributed by atoms with van der Waals surface area (Å²) in [4.78, 5) is 37.6. The number of hydrogen-bond acceptors (Lipinski definition) is 4. The molecule has 152 valence electrons. The minimum absolute atomic E-state index is 0.0433. The van der Waals surface area contributed by atoms with Crippen molar-refractivity contribution < 1.29 is 18.7 Å². The molecule has 0 fully saturated rings. The quantitative estimate of drug-likeness (QED) is 0.633. The first-order valence-electron chi connectivity index (χ1n) is 8.86. The van der Waals surface area contributed by atoms with Crippen LogP contribution in [-0.4, -0.2) is 20.2 Å². The molecule has 0 aliphatic carbocycles. The third kappa shape index (κ3) is 4.19. The van der Waals surface area contributed by atoms with Crippen LogP contribution >= 0.6 is 11.3 Å². The zero-order chi connectivity index (χ0) is 21.1. The molecular weight excluding hydrogens is 402 g/mol. The maximum atomic E-state index is 13.0. The molecule has 0 amide bonds. The summed E-state index contributed by atoms with van der Waals surface area (Å²) in [6.45, 7) is 1.53. The Morgan fingerprint density at radius 2 is 1.83 bits per heavy atom. The van der Waals surface area contributed by atoms with Crippen LogP contribution in [0.25, 0.3) is 10.2 Å². The fraction of sp³-hybridized carbons (Fsp3) is 0.250. The van der Waals surface area contributed by atoms with E-state index in [0.717, 1.165) is 21.5 Å². The van der Waals surface area contributed by atoms with E-state index < -0.39 is 23.3 Å². The van der Waals surface area contributed by atoms with Crippen molar-refractivity contribution in [3.63, 3.8) is 0 Å². The number of fused-ring (bicyclic) bond motifs is 1. The second-order valence-electron chi connectivity index (χ2n) is 6.45. The largest absolute Gasteiger partial charge is 0.477 e. The SMILES string of the molecule is Cc1c(C(=O)O)sc2c1c(=O)n(CCc1ccccc1)c(=O)n2CCC=C(F)F. The molecule has 0 spiro atoms. The second-order valence-corrected chi connectivity index (χ2v) is 7.45. The van der Waals surface area contributed by atoms with Crippen LogP contribution in [0.2, 0.25) is 0 Å². The molecule has 0 saturated carbocycles. The van der Waals surface area contributed by atoms with E-state index in [2.05, 4.69) is 0 Å². The van der Waals surface area contributed by atoms with Crippen molar-refractivity contribution in [3.05, 3.63) is 79.3 Å². The smallest absolute Gasteiger partial charge is 0.346 e. The molecule has 0 aliphatic rings. The standard InChI is InChI=1S/C20H18F2N2O4S/c1-12-15-17(25)23(11-9-13-6-3-2-4-7-13)20(28)24(10-5-8-14(21)22)18(15)29-16(12)19(26)27/h2-4,6-8H,5,9-11H2,1H3,(H,26,27). The number of carbonyl (C=O) groups is 1. The summed E-state index contributed by atoms with van der Waals surface area (Å²) in [6.07, 6.45) is -0.862. The van der Waals surface area contributed by atoms with Crippen molar-refractivity contribution in [1.82, 2.24) is 9.13 Å². The highest BCUT2D eigenvalue weighted by atomic mass is 32.1. The Labute approximate surface area is 168 Å². The molecule has 0 saturated heterocycles. The molecule has 0 atom stereocenters. The number of thiophene rings is 1. The van der Waals surface area contributed by atoms with Gasteiger partial charge in [0.2, 0.25) is 0 Å². The van der Waals surface area contributed by atoms with Gasteiger partial charge in [-0.1, -0.05) is 30.3 Å². The molecule has 0 aliphatic heterocycles. The Kier molecular flexibility index (Phi) is 6.07. The lowest BCUT2D eigenvalue weighted by Crippen LogP contribution is -2.40. The molecule has 0 radical (unpaired) electrons. The van der Waals surface area contributed by atoms with Gasteiger partial charge in [-0.15, -0.1) is 11.3 Å². The van der Waals surface area contributed by atoms with Crippen LogP contribution in [0.3, 0.4) is 0 Å². The number of carboxylic acids is 1. The number of aromatic nitrogens is 2. The highest BCUT2D eigenvalue weighted by Gasteiger charge is 2.22. The fourth-order valence-electron chi connectivity index (χ4n) is 3.18. The fourth-order valence-corrected chi connectivity index (χ4v) is 4.34. The first kappa shape index (κ1) is 20.7. The molecular formula is C20H18F2N2O4S. The number of aromatic carboxylic acids is 1. The Morgan fingerprint density at radius 1 is 1.14 bits per heavy atom. The molecule has 2 heterocycles. The topological polar surface area (TPSA) is 81.3 Å². The summed E-state index contributed by atoms with van der Waals surface area (Å²) in [7, 11) is 0. The first-order valence-corrected chi connectivity index (χ1v) is 9.68. The van der Waals surface area contributed by atoms with E-state index in [1.165, 1.54) is 11.5 Å². The molecule has 1 aromatic carbocycles. The second kappa shape index (κ2) is 8.52. The normalized spacial score (nSPS) is 11.0. The van der Waals surface area contributed by atoms with Gasteiger partial charge in [0.1, 0.15) is 9.71 Å². The number of halogens is 2. The summed E-state index contributed by atoms with van der Waals surface area (Å²) in [6, 6.07) is 9.29. The highest BCUT2D eigenvalue weighted by molar-refractivity contribution is 7.20. The van der Waals surface area contributed by atoms with Gasteiger partial charge in [-0.2, -0.15) is 8.78 Å². The average molecular weight is 420 g/mol. The number of aryl methyl sites for hydroxylation is 3. The van der Waals surface area contributed by atoms with Crippen LogP contribution in [0.5, 0.6) is 0 Å². The van der Waals surface area contributed by atoms with Gasteiger partial charge in [0.25, 0.3) is 11.6 Å². The molecule has 3 rings (SSSR count). The monoisotopic (exact) mass is 420 g/mol. The van der Waals surface area contributed by atoms with E-state index in [9.17, 15) is 28.3 Å². The van der Waals surface area contributed by atoms with Gasteiger partial charge in [-0.25, -0.2) is 9.59 Å². The van der Waals surface area contributed by atoms with Gasteiger partial charge in [0.15, 0.2) is 0 Å². The van der Waals surface area contributed by atoms with Crippen molar-refractivity contribution in [2.24, 2.45) is 0 Å². The zero-order valence-electron chi connectivity index (χ0n) is 15.5. The third-order valence-corrected chi connectivity index (χ3v) is 5.91. The maximum absolute atomic E-state index is 13.0. The molecule has 3 aromatic rings. The predicted octanol–water partition coefficient (Wildman–Crippen LogP) is 3.64. The van der Waals surface area contributed by atoms with E-state index >= 15 is 0 Å². The minimum Gasteiger partial charge on any atom is -0.477 e. The number of rotatable bonds is 7. The van der Waals surface area contributed by atoms with E-state index in [1.54, 1.807) is 0 Å². The van der Waals surface area contributed by atoms with Gasteiger partial charge < -0.3 is 5.11 Å². The molecule has 0 bridgehead atoms. The lowest BCUT2D eigenvalue weighted by Gasteiger charge is -2.11. The van der Waals surface area contributed by atoms with E-state index in [-0.39, 0.29) is 40.2 Å². The Hall–Kier alpha value is -3.07. The van der Waals surface area contributed by atoms with Crippen LogP contribution in [0.15, 0.2) is 52.1 Å². The summed E-state index contributed by atoms with van der Waals surface area (Å²) in [5.41, 5.74) is 0.00741. The van der Waals surface area contributed by atoms with Crippen molar-refractivity contribution in [2.45, 2.75) is 32.9 Å². The van der Waals surface area contributed by atoms with Gasteiger partial charge in [0, 0.05) is 13.1 Å². The lowest BCUT2D eigenvalue weighted by atomic mass is 10.1. The van der Waals surface area contributed by atoms with Gasteiger partial charge >= 0.3 is 11.7 Å². The highest BCUT2D eigenvalue weighted by Crippen LogP contribution is 2.28. The average Bonchev–Trinajstić information content (AvgIpc) is 3.02. The van der Waals surface area contributed by atoms with Crippen LogP contribution in [0.4, 0.5) is 8.78 Å². The van der Waals surface area contributed by atoms with E-state index in [1.807, 2.05) is 30.3 Å². The molecule has 6 nitrogen and oxygen atoms in total. The molecule has 29 heavy (non-hydrogen) atoms. The first-order chi connectivity index (χ1) is 13.8. The minimum atomic E-state index is -1.86. The zero-order valence-corrected chi connectivity index (χ0v) is 16.3. The predicted molar refractivity (Wildman–Crippen MR) is 107 cm³/mol.